The molecule has 0 saturated carbocycles. The molecule has 1 N–H and O–H groups in total. The zero-order valence-corrected chi connectivity index (χ0v) is 17.2. The Morgan fingerprint density at radius 2 is 1.70 bits per heavy atom. The minimum absolute atomic E-state index is 0.0374. The van der Waals surface area contributed by atoms with Crippen molar-refractivity contribution in [3.63, 3.8) is 0 Å². The molecule has 3 aromatic rings. The summed E-state index contributed by atoms with van der Waals surface area (Å²) in [6, 6.07) is 13.0. The number of hydrogen-bond acceptors (Lipinski definition) is 3. The second-order valence-electron chi connectivity index (χ2n) is 7.65. The number of amides is 1. The van der Waals surface area contributed by atoms with E-state index in [4.69, 9.17) is 0 Å². The van der Waals surface area contributed by atoms with Gasteiger partial charge in [-0.05, 0) is 56.5 Å². The van der Waals surface area contributed by atoms with E-state index in [1.807, 2.05) is 13.8 Å². The maximum absolute atomic E-state index is 13.2. The molecule has 1 aromatic heterocycles. The van der Waals surface area contributed by atoms with Gasteiger partial charge in [0.05, 0.1) is 17.4 Å². The Labute approximate surface area is 174 Å². The molecule has 0 spiro atoms. The first-order chi connectivity index (χ1) is 14.4. The summed E-state index contributed by atoms with van der Waals surface area (Å²) in [7, 11) is 0. The number of para-hydroxylation sites is 1. The molecule has 0 aliphatic heterocycles. The smallest absolute Gasteiger partial charge is 0.331 e. The molecule has 0 fully saturated rings. The Morgan fingerprint density at radius 1 is 1.00 bits per heavy atom. The second kappa shape index (κ2) is 9.52. The van der Waals surface area contributed by atoms with E-state index in [-0.39, 0.29) is 36.4 Å². The van der Waals surface area contributed by atoms with Crippen molar-refractivity contribution in [1.29, 1.82) is 0 Å². The number of unbranched alkanes of at least 4 members (excludes halogenated alkanes) is 1. The molecule has 158 valence electrons. The van der Waals surface area contributed by atoms with Crippen molar-refractivity contribution < 1.29 is 9.18 Å². The molecule has 1 amide bonds. The quantitative estimate of drug-likeness (QED) is 0.579. The van der Waals surface area contributed by atoms with Gasteiger partial charge in [-0.25, -0.2) is 9.18 Å². The van der Waals surface area contributed by atoms with Crippen LogP contribution in [-0.2, 0) is 17.9 Å². The number of nitrogens with one attached hydrogen (secondary N) is 1. The standard InChI is InChI=1S/C23H26FN3O3/c1-16(2)25-21(28)9-5-6-14-26-22(29)19-7-3-4-8-20(19)27(23(26)30)15-17-10-12-18(24)13-11-17/h3-4,7-8,10-13,16H,5-6,9,14-15H2,1-2H3,(H,25,28). The topological polar surface area (TPSA) is 73.1 Å². The van der Waals surface area contributed by atoms with Crippen LogP contribution in [0.15, 0.2) is 58.1 Å². The number of carbonyl (C=O) groups excluding carboxylic acids is 1. The molecule has 6 nitrogen and oxygen atoms in total. The third kappa shape index (κ3) is 5.03. The molecule has 0 atom stereocenters. The monoisotopic (exact) mass is 411 g/mol. The van der Waals surface area contributed by atoms with Crippen LogP contribution in [-0.4, -0.2) is 21.1 Å². The number of halogens is 1. The Morgan fingerprint density at radius 3 is 2.40 bits per heavy atom. The van der Waals surface area contributed by atoms with Crippen molar-refractivity contribution in [3.05, 3.63) is 80.7 Å². The van der Waals surface area contributed by atoms with Crippen molar-refractivity contribution in [3.8, 4) is 0 Å². The average molecular weight is 411 g/mol. The van der Waals surface area contributed by atoms with Gasteiger partial charge in [-0.15, -0.1) is 0 Å². The van der Waals surface area contributed by atoms with Gasteiger partial charge in [0.15, 0.2) is 0 Å². The van der Waals surface area contributed by atoms with Gasteiger partial charge in [0.2, 0.25) is 5.91 Å². The molecule has 0 bridgehead atoms. The van der Waals surface area contributed by atoms with Crippen LogP contribution >= 0.6 is 0 Å². The van der Waals surface area contributed by atoms with Crippen molar-refractivity contribution in [1.82, 2.24) is 14.5 Å². The molecular weight excluding hydrogens is 385 g/mol. The average Bonchev–Trinajstić information content (AvgIpc) is 2.71. The number of hydrogen-bond donors (Lipinski definition) is 1. The lowest BCUT2D eigenvalue weighted by molar-refractivity contribution is -0.121. The summed E-state index contributed by atoms with van der Waals surface area (Å²) in [5.74, 6) is -0.382. The number of carbonyl (C=O) groups is 1. The van der Waals surface area contributed by atoms with E-state index in [2.05, 4.69) is 5.32 Å². The molecule has 7 heteroatoms. The molecule has 3 rings (SSSR count). The van der Waals surface area contributed by atoms with Crippen molar-refractivity contribution in [2.24, 2.45) is 0 Å². The largest absolute Gasteiger partial charge is 0.354 e. The van der Waals surface area contributed by atoms with Crippen LogP contribution in [0.5, 0.6) is 0 Å². The first-order valence-electron chi connectivity index (χ1n) is 10.1. The summed E-state index contributed by atoms with van der Waals surface area (Å²) in [4.78, 5) is 37.8. The Bertz CT molecular complexity index is 1150. The van der Waals surface area contributed by atoms with Gasteiger partial charge in [-0.1, -0.05) is 24.3 Å². The van der Waals surface area contributed by atoms with Crippen LogP contribution in [0.1, 0.15) is 38.7 Å². The Balaban J connectivity index is 1.87. The van der Waals surface area contributed by atoms with E-state index >= 15 is 0 Å². The zero-order valence-electron chi connectivity index (χ0n) is 17.2. The molecule has 0 saturated heterocycles. The van der Waals surface area contributed by atoms with Crippen molar-refractivity contribution in [2.75, 3.05) is 0 Å². The minimum atomic E-state index is -0.408. The number of aromatic nitrogens is 2. The SMILES string of the molecule is CC(C)NC(=O)CCCCn1c(=O)c2ccccc2n(Cc2ccc(F)cc2)c1=O. The molecule has 2 aromatic carbocycles. The first kappa shape index (κ1) is 21.5. The normalized spacial score (nSPS) is 11.2. The maximum Gasteiger partial charge on any atom is 0.331 e. The van der Waals surface area contributed by atoms with Crippen LogP contribution in [0.3, 0.4) is 0 Å². The van der Waals surface area contributed by atoms with Crippen LogP contribution in [0.4, 0.5) is 4.39 Å². The summed E-state index contributed by atoms with van der Waals surface area (Å²) in [6.45, 7) is 4.27. The van der Waals surface area contributed by atoms with E-state index in [9.17, 15) is 18.8 Å². The van der Waals surface area contributed by atoms with E-state index in [0.29, 0.717) is 30.2 Å². The zero-order chi connectivity index (χ0) is 21.7. The van der Waals surface area contributed by atoms with E-state index in [1.165, 1.54) is 21.3 Å². The second-order valence-corrected chi connectivity index (χ2v) is 7.65. The van der Waals surface area contributed by atoms with Gasteiger partial charge >= 0.3 is 5.69 Å². The molecule has 30 heavy (non-hydrogen) atoms. The number of rotatable bonds is 8. The molecule has 0 radical (unpaired) electrons. The predicted octanol–water partition coefficient (Wildman–Crippen LogP) is 3.05. The first-order valence-corrected chi connectivity index (χ1v) is 10.1. The van der Waals surface area contributed by atoms with Crippen LogP contribution in [0, 0.1) is 5.82 Å². The van der Waals surface area contributed by atoms with Gasteiger partial charge < -0.3 is 5.32 Å². The van der Waals surface area contributed by atoms with E-state index in [0.717, 1.165) is 5.56 Å². The lowest BCUT2D eigenvalue weighted by atomic mass is 10.2. The summed E-state index contributed by atoms with van der Waals surface area (Å²) >= 11 is 0. The maximum atomic E-state index is 13.2. The van der Waals surface area contributed by atoms with E-state index < -0.39 is 5.69 Å². The Kier molecular flexibility index (Phi) is 6.82. The lowest BCUT2D eigenvalue weighted by Crippen LogP contribution is -2.40. The fourth-order valence-electron chi connectivity index (χ4n) is 3.44. The summed E-state index contributed by atoms with van der Waals surface area (Å²) < 4.78 is 16.0. The molecule has 0 aliphatic carbocycles. The van der Waals surface area contributed by atoms with Gasteiger partial charge in [-0.3, -0.25) is 18.7 Å². The van der Waals surface area contributed by atoms with Gasteiger partial charge in [0, 0.05) is 19.0 Å². The fourth-order valence-corrected chi connectivity index (χ4v) is 3.44. The highest BCUT2D eigenvalue weighted by Gasteiger charge is 2.13. The molecular formula is C23H26FN3O3. The molecule has 0 unspecified atom stereocenters. The number of benzene rings is 2. The van der Waals surface area contributed by atoms with Crippen molar-refractivity contribution in [2.45, 2.75) is 52.2 Å². The van der Waals surface area contributed by atoms with Crippen LogP contribution in [0.2, 0.25) is 0 Å². The van der Waals surface area contributed by atoms with Gasteiger partial charge in [0.25, 0.3) is 5.56 Å². The van der Waals surface area contributed by atoms with Gasteiger partial charge in [-0.2, -0.15) is 0 Å². The highest BCUT2D eigenvalue weighted by Crippen LogP contribution is 2.11. The highest BCUT2D eigenvalue weighted by molar-refractivity contribution is 5.78. The fraction of sp³-hybridized carbons (Fsp3) is 0.348. The van der Waals surface area contributed by atoms with Gasteiger partial charge in [0.1, 0.15) is 5.82 Å². The summed E-state index contributed by atoms with van der Waals surface area (Å²) in [5, 5.41) is 3.28. The predicted molar refractivity (Wildman–Crippen MR) is 115 cm³/mol. The summed E-state index contributed by atoms with van der Waals surface area (Å²) in [5.41, 5.74) is 0.566. The summed E-state index contributed by atoms with van der Waals surface area (Å²) in [6.07, 6.45) is 1.47. The third-order valence-electron chi connectivity index (χ3n) is 4.87. The third-order valence-corrected chi connectivity index (χ3v) is 4.87. The molecule has 1 heterocycles. The minimum Gasteiger partial charge on any atom is -0.354 e. The van der Waals surface area contributed by atoms with E-state index in [1.54, 1.807) is 36.4 Å². The van der Waals surface area contributed by atoms with Crippen LogP contribution < -0.4 is 16.6 Å². The van der Waals surface area contributed by atoms with Crippen molar-refractivity contribution >= 4 is 16.8 Å². The molecule has 0 aliphatic rings. The number of fused-ring (bicyclic) bond motifs is 1. The highest BCUT2D eigenvalue weighted by atomic mass is 19.1. The number of nitrogens with zero attached hydrogens (tertiary/aromatic N) is 2. The Hall–Kier alpha value is -3.22. The van der Waals surface area contributed by atoms with Crippen LogP contribution in [0.25, 0.3) is 10.9 Å². The lowest BCUT2D eigenvalue weighted by Gasteiger charge is -2.14.